The highest BCUT2D eigenvalue weighted by Crippen LogP contribution is 2.30. The Hall–Kier alpha value is -3.15. The van der Waals surface area contributed by atoms with Crippen molar-refractivity contribution >= 4 is 43.9 Å². The molecular weight excluding hydrogens is 290 g/mol. The van der Waals surface area contributed by atoms with Crippen LogP contribution in [0.15, 0.2) is 41.6 Å². The topological polar surface area (TPSA) is 75.1 Å². The molecule has 2 N–H and O–H groups in total. The van der Waals surface area contributed by atoms with E-state index in [9.17, 15) is 4.79 Å². The molecule has 0 unspecified atom stereocenters. The number of benzene rings is 2. The lowest BCUT2D eigenvalue weighted by molar-refractivity contribution is 1.12. The number of nitrogens with one attached hydrogen (secondary N) is 2. The zero-order chi connectivity index (χ0) is 15.6. The molecule has 23 heavy (non-hydrogen) atoms. The fourth-order valence-corrected chi connectivity index (χ4v) is 3.43. The molecule has 0 atom stereocenters. The number of hydrogen-bond donors (Lipinski definition) is 2. The molecule has 0 saturated heterocycles. The lowest BCUT2D eigenvalue weighted by Crippen LogP contribution is -2.10. The molecule has 3 aromatic heterocycles. The van der Waals surface area contributed by atoms with Crippen LogP contribution in [-0.4, -0.2) is 26.1 Å². The van der Waals surface area contributed by atoms with Crippen LogP contribution in [0.5, 0.6) is 0 Å². The van der Waals surface area contributed by atoms with Crippen molar-refractivity contribution in [3.05, 3.63) is 47.0 Å². The van der Waals surface area contributed by atoms with Crippen molar-refractivity contribution in [2.24, 2.45) is 0 Å². The van der Waals surface area contributed by atoms with Crippen molar-refractivity contribution < 1.29 is 0 Å². The summed E-state index contributed by atoms with van der Waals surface area (Å²) in [4.78, 5) is 17.7. The van der Waals surface area contributed by atoms with Crippen molar-refractivity contribution in [3.63, 3.8) is 0 Å². The maximum Gasteiger partial charge on any atom is 0.200 e. The van der Waals surface area contributed by atoms with Gasteiger partial charge in [0.1, 0.15) is 6.33 Å². The predicted molar refractivity (Wildman–Crippen MR) is 91.5 cm³/mol. The number of rotatable bonds is 2. The predicted octanol–water partition coefficient (Wildman–Crippen LogP) is 2.75. The van der Waals surface area contributed by atoms with E-state index in [4.69, 9.17) is 0 Å². The fourth-order valence-electron chi connectivity index (χ4n) is 3.43. The Balaban J connectivity index is 2.16. The van der Waals surface area contributed by atoms with Crippen LogP contribution < -0.4 is 10.7 Å². The molecule has 0 radical (unpaired) electrons. The molecule has 0 bridgehead atoms. The standard InChI is InChI=1S/C17H13N5O/c1-2-18-11-3-4-12-16-15(11)17(23)14-9-7-20-21-10(9)5-6-13(14)22(16)8-19-12/h3-8,18H,2H2,1H3,(H,20,21). The van der Waals surface area contributed by atoms with Crippen LogP contribution >= 0.6 is 0 Å². The summed E-state index contributed by atoms with van der Waals surface area (Å²) in [6.45, 7) is 2.77. The molecule has 0 aliphatic rings. The Morgan fingerprint density at radius 3 is 3.00 bits per heavy atom. The SMILES string of the molecule is CCNc1ccc2ncn3c4ccc5[nH]ncc5c4c(=O)c1c23. The Labute approximate surface area is 130 Å². The van der Waals surface area contributed by atoms with Crippen molar-refractivity contribution in [3.8, 4) is 0 Å². The fraction of sp³-hybridized carbons (Fsp3) is 0.118. The highest BCUT2D eigenvalue weighted by Gasteiger charge is 2.18. The van der Waals surface area contributed by atoms with Gasteiger partial charge in [0.25, 0.3) is 0 Å². The first-order chi connectivity index (χ1) is 11.3. The maximum atomic E-state index is 13.3. The largest absolute Gasteiger partial charge is 0.385 e. The Morgan fingerprint density at radius 1 is 1.22 bits per heavy atom. The summed E-state index contributed by atoms with van der Waals surface area (Å²) in [5, 5.41) is 12.5. The first kappa shape index (κ1) is 12.4. The van der Waals surface area contributed by atoms with Crippen LogP contribution in [0.25, 0.3) is 38.2 Å². The molecule has 3 heterocycles. The third-order valence-corrected chi connectivity index (χ3v) is 4.39. The first-order valence-corrected chi connectivity index (χ1v) is 7.54. The highest BCUT2D eigenvalue weighted by molar-refractivity contribution is 6.13. The van der Waals surface area contributed by atoms with Crippen molar-refractivity contribution in [1.29, 1.82) is 0 Å². The molecule has 0 saturated carbocycles. The minimum absolute atomic E-state index is 0.0153. The average Bonchev–Trinajstić information content (AvgIpc) is 3.19. The van der Waals surface area contributed by atoms with Crippen LogP contribution in [0.4, 0.5) is 5.69 Å². The molecule has 112 valence electrons. The molecule has 0 fully saturated rings. The smallest absolute Gasteiger partial charge is 0.200 e. The molecule has 0 aliphatic carbocycles. The second kappa shape index (κ2) is 4.19. The van der Waals surface area contributed by atoms with Gasteiger partial charge in [0.05, 0.1) is 39.0 Å². The average molecular weight is 303 g/mol. The van der Waals surface area contributed by atoms with Gasteiger partial charge in [-0.3, -0.25) is 14.3 Å². The number of aromatic nitrogens is 4. The number of fused-ring (bicyclic) bond motifs is 4. The van der Waals surface area contributed by atoms with Crippen molar-refractivity contribution in [1.82, 2.24) is 19.6 Å². The molecular formula is C17H13N5O. The van der Waals surface area contributed by atoms with E-state index in [1.165, 1.54) is 0 Å². The van der Waals surface area contributed by atoms with Gasteiger partial charge in [0.15, 0.2) is 5.43 Å². The van der Waals surface area contributed by atoms with Crippen molar-refractivity contribution in [2.75, 3.05) is 11.9 Å². The molecule has 5 rings (SSSR count). The molecule has 2 aromatic carbocycles. The van der Waals surface area contributed by atoms with Gasteiger partial charge < -0.3 is 5.32 Å². The van der Waals surface area contributed by atoms with E-state index in [-0.39, 0.29) is 5.43 Å². The summed E-state index contributed by atoms with van der Waals surface area (Å²) < 4.78 is 1.99. The number of imidazole rings is 1. The second-order valence-corrected chi connectivity index (χ2v) is 5.62. The highest BCUT2D eigenvalue weighted by atomic mass is 16.1. The zero-order valence-corrected chi connectivity index (χ0v) is 12.4. The molecule has 6 nitrogen and oxygen atoms in total. The maximum absolute atomic E-state index is 13.3. The Morgan fingerprint density at radius 2 is 2.13 bits per heavy atom. The van der Waals surface area contributed by atoms with Gasteiger partial charge in [-0.1, -0.05) is 0 Å². The quantitative estimate of drug-likeness (QED) is 0.492. The van der Waals surface area contributed by atoms with Crippen LogP contribution in [0.1, 0.15) is 6.92 Å². The van der Waals surface area contributed by atoms with Crippen LogP contribution in [0.2, 0.25) is 0 Å². The second-order valence-electron chi connectivity index (χ2n) is 5.62. The van der Waals surface area contributed by atoms with Crippen LogP contribution in [-0.2, 0) is 0 Å². The van der Waals surface area contributed by atoms with Gasteiger partial charge in [-0.05, 0) is 31.2 Å². The Kier molecular flexibility index (Phi) is 2.26. The monoisotopic (exact) mass is 303 g/mol. The summed E-state index contributed by atoms with van der Waals surface area (Å²) in [5.74, 6) is 0. The van der Waals surface area contributed by atoms with Crippen LogP contribution in [0, 0.1) is 0 Å². The number of hydrogen-bond acceptors (Lipinski definition) is 4. The summed E-state index contributed by atoms with van der Waals surface area (Å²) in [7, 11) is 0. The molecule has 0 spiro atoms. The van der Waals surface area contributed by atoms with E-state index in [1.807, 2.05) is 35.6 Å². The van der Waals surface area contributed by atoms with Gasteiger partial charge in [0.2, 0.25) is 0 Å². The number of H-pyrrole nitrogens is 1. The van der Waals surface area contributed by atoms with Gasteiger partial charge in [-0.25, -0.2) is 4.98 Å². The normalized spacial score (nSPS) is 12.0. The van der Waals surface area contributed by atoms with E-state index in [1.54, 1.807) is 12.5 Å². The third kappa shape index (κ3) is 1.45. The molecule has 5 aromatic rings. The minimum Gasteiger partial charge on any atom is -0.385 e. The van der Waals surface area contributed by atoms with E-state index in [2.05, 4.69) is 20.5 Å². The number of pyridine rings is 1. The lowest BCUT2D eigenvalue weighted by atomic mass is 10.0. The first-order valence-electron chi connectivity index (χ1n) is 7.54. The number of nitrogens with zero attached hydrogens (tertiary/aromatic N) is 3. The summed E-state index contributed by atoms with van der Waals surface area (Å²) in [6.07, 6.45) is 3.49. The summed E-state index contributed by atoms with van der Waals surface area (Å²) >= 11 is 0. The number of anilines is 1. The molecule has 6 heteroatoms. The van der Waals surface area contributed by atoms with Crippen LogP contribution in [0.3, 0.4) is 0 Å². The Bertz CT molecular complexity index is 1250. The van der Waals surface area contributed by atoms with Gasteiger partial charge in [0, 0.05) is 17.6 Å². The zero-order valence-electron chi connectivity index (χ0n) is 12.4. The molecule has 0 aliphatic heterocycles. The lowest BCUT2D eigenvalue weighted by Gasteiger charge is -2.10. The van der Waals surface area contributed by atoms with E-state index in [0.29, 0.717) is 10.8 Å². The molecule has 0 amide bonds. The van der Waals surface area contributed by atoms with Gasteiger partial charge >= 0.3 is 0 Å². The minimum atomic E-state index is 0.0153. The summed E-state index contributed by atoms with van der Waals surface area (Å²) in [6, 6.07) is 7.76. The third-order valence-electron chi connectivity index (χ3n) is 4.39. The van der Waals surface area contributed by atoms with E-state index in [0.717, 1.165) is 39.7 Å². The van der Waals surface area contributed by atoms with Gasteiger partial charge in [-0.2, -0.15) is 5.10 Å². The van der Waals surface area contributed by atoms with Crippen molar-refractivity contribution in [2.45, 2.75) is 6.92 Å². The van der Waals surface area contributed by atoms with Gasteiger partial charge in [-0.15, -0.1) is 0 Å². The van der Waals surface area contributed by atoms with E-state index < -0.39 is 0 Å². The summed E-state index contributed by atoms with van der Waals surface area (Å²) in [5.41, 5.74) is 4.27. The van der Waals surface area contributed by atoms with E-state index >= 15 is 0 Å². The number of aromatic amines is 1.